The molecular weight excluding hydrogens is 274 g/mol. The molecule has 0 fully saturated rings. The molecule has 2 aromatic rings. The minimum absolute atomic E-state index is 0.316. The second-order valence-corrected chi connectivity index (χ2v) is 4.79. The maximum atomic E-state index is 11.9. The fourth-order valence-corrected chi connectivity index (χ4v) is 2.03. The molecule has 0 aliphatic rings. The van der Waals surface area contributed by atoms with Gasteiger partial charge < -0.3 is 5.32 Å². The summed E-state index contributed by atoms with van der Waals surface area (Å²) in [7, 11) is 0. The molecule has 2 rings (SSSR count). The van der Waals surface area contributed by atoms with Crippen LogP contribution in [0.2, 0.25) is 5.02 Å². The Labute approximate surface area is 123 Å². The van der Waals surface area contributed by atoms with E-state index in [2.05, 4.69) is 22.5 Å². The van der Waals surface area contributed by atoms with Gasteiger partial charge in [0.2, 0.25) is 0 Å². The Hall–Kier alpha value is -2.07. The van der Waals surface area contributed by atoms with E-state index in [1.807, 2.05) is 36.4 Å². The van der Waals surface area contributed by atoms with Crippen molar-refractivity contribution >= 4 is 29.1 Å². The highest BCUT2D eigenvalue weighted by Gasteiger charge is 2.08. The molecule has 20 heavy (non-hydrogen) atoms. The second-order valence-electron chi connectivity index (χ2n) is 4.36. The Balaban J connectivity index is 2.07. The summed E-state index contributed by atoms with van der Waals surface area (Å²) in [6, 6.07) is 10.8. The summed E-state index contributed by atoms with van der Waals surface area (Å²) in [5.41, 5.74) is 1.67. The van der Waals surface area contributed by atoms with E-state index in [-0.39, 0.29) is 6.03 Å². The highest BCUT2D eigenvalue weighted by atomic mass is 35.5. The first-order valence-electron chi connectivity index (χ1n) is 6.46. The Morgan fingerprint density at radius 1 is 1.25 bits per heavy atom. The summed E-state index contributed by atoms with van der Waals surface area (Å²) in [6.07, 6.45) is 3.30. The molecule has 4 nitrogen and oxygen atoms in total. The number of aromatic nitrogens is 1. The van der Waals surface area contributed by atoms with Crippen molar-refractivity contribution < 1.29 is 4.79 Å². The molecular formula is C15H16ClN3O. The first-order chi connectivity index (χ1) is 9.69. The van der Waals surface area contributed by atoms with Crippen LogP contribution in [0.1, 0.15) is 18.9 Å². The van der Waals surface area contributed by atoms with Gasteiger partial charge in [-0.1, -0.05) is 43.1 Å². The molecule has 0 aliphatic carbocycles. The summed E-state index contributed by atoms with van der Waals surface area (Å²) < 4.78 is 0. The van der Waals surface area contributed by atoms with E-state index in [0.717, 1.165) is 24.1 Å². The van der Waals surface area contributed by atoms with Crippen molar-refractivity contribution in [2.24, 2.45) is 0 Å². The van der Waals surface area contributed by atoms with Crippen LogP contribution in [-0.2, 0) is 6.42 Å². The van der Waals surface area contributed by atoms with Gasteiger partial charge >= 0.3 is 6.03 Å². The van der Waals surface area contributed by atoms with Crippen molar-refractivity contribution in [3.05, 3.63) is 53.2 Å². The number of anilines is 2. The van der Waals surface area contributed by atoms with Gasteiger partial charge in [0.1, 0.15) is 5.82 Å². The molecule has 0 saturated carbocycles. The smallest absolute Gasteiger partial charge is 0.308 e. The van der Waals surface area contributed by atoms with Gasteiger partial charge in [-0.25, -0.2) is 9.78 Å². The van der Waals surface area contributed by atoms with Gasteiger partial charge in [0, 0.05) is 11.9 Å². The van der Waals surface area contributed by atoms with E-state index >= 15 is 0 Å². The highest BCUT2D eigenvalue weighted by Crippen LogP contribution is 2.19. The number of halogens is 1. The Bertz CT molecular complexity index is 587. The number of para-hydroxylation sites is 1. The standard InChI is InChI=1S/C15H16ClN3O/c1-2-6-11-9-12(16)10-17-14(11)19-15(20)18-13-7-4-3-5-8-13/h3-5,7-10H,2,6H2,1H3,(H2,17,18,19,20). The van der Waals surface area contributed by atoms with Crippen LogP contribution >= 0.6 is 11.6 Å². The van der Waals surface area contributed by atoms with Crippen molar-refractivity contribution in [1.82, 2.24) is 4.98 Å². The number of hydrogen-bond acceptors (Lipinski definition) is 2. The van der Waals surface area contributed by atoms with Gasteiger partial charge in [0.05, 0.1) is 5.02 Å². The van der Waals surface area contributed by atoms with Crippen LogP contribution in [-0.4, -0.2) is 11.0 Å². The zero-order valence-electron chi connectivity index (χ0n) is 11.2. The summed E-state index contributed by atoms with van der Waals surface area (Å²) in [5, 5.41) is 6.07. The van der Waals surface area contributed by atoms with Crippen LogP contribution in [0.25, 0.3) is 0 Å². The molecule has 0 saturated heterocycles. The molecule has 1 heterocycles. The first kappa shape index (κ1) is 14.3. The van der Waals surface area contributed by atoms with Gasteiger partial charge in [-0.2, -0.15) is 0 Å². The molecule has 104 valence electrons. The number of aryl methyl sites for hydroxylation is 1. The van der Waals surface area contributed by atoms with Crippen LogP contribution in [0.4, 0.5) is 16.3 Å². The third-order valence-corrected chi connectivity index (χ3v) is 2.92. The second kappa shape index (κ2) is 6.91. The number of rotatable bonds is 4. The molecule has 0 bridgehead atoms. The minimum Gasteiger partial charge on any atom is -0.308 e. The Morgan fingerprint density at radius 3 is 2.70 bits per heavy atom. The lowest BCUT2D eigenvalue weighted by Crippen LogP contribution is -2.21. The predicted octanol–water partition coefficient (Wildman–Crippen LogP) is 4.33. The average Bonchev–Trinajstić information content (AvgIpc) is 2.43. The van der Waals surface area contributed by atoms with E-state index in [1.165, 1.54) is 6.20 Å². The van der Waals surface area contributed by atoms with Crippen molar-refractivity contribution in [2.75, 3.05) is 10.6 Å². The fraction of sp³-hybridized carbons (Fsp3) is 0.200. The van der Waals surface area contributed by atoms with Gasteiger partial charge in [0.25, 0.3) is 0 Å². The van der Waals surface area contributed by atoms with Crippen LogP contribution in [0, 0.1) is 0 Å². The molecule has 5 heteroatoms. The SMILES string of the molecule is CCCc1cc(Cl)cnc1NC(=O)Nc1ccccc1. The van der Waals surface area contributed by atoms with Gasteiger partial charge in [-0.3, -0.25) is 5.32 Å². The maximum Gasteiger partial charge on any atom is 0.324 e. The minimum atomic E-state index is -0.316. The van der Waals surface area contributed by atoms with E-state index in [9.17, 15) is 4.79 Å². The molecule has 0 atom stereocenters. The first-order valence-corrected chi connectivity index (χ1v) is 6.84. The quantitative estimate of drug-likeness (QED) is 0.880. The molecule has 1 aromatic heterocycles. The van der Waals surface area contributed by atoms with Crippen LogP contribution in [0.5, 0.6) is 0 Å². The van der Waals surface area contributed by atoms with Crippen molar-refractivity contribution in [3.8, 4) is 0 Å². The predicted molar refractivity (Wildman–Crippen MR) is 82.3 cm³/mol. The van der Waals surface area contributed by atoms with E-state index in [0.29, 0.717) is 10.8 Å². The van der Waals surface area contributed by atoms with Gasteiger partial charge in [-0.15, -0.1) is 0 Å². The third kappa shape index (κ3) is 3.96. The average molecular weight is 290 g/mol. The largest absolute Gasteiger partial charge is 0.324 e. The van der Waals surface area contributed by atoms with E-state index < -0.39 is 0 Å². The summed E-state index contributed by atoms with van der Waals surface area (Å²) in [6.45, 7) is 2.06. The molecule has 0 aliphatic heterocycles. The third-order valence-electron chi connectivity index (χ3n) is 2.72. The fourth-order valence-electron chi connectivity index (χ4n) is 1.85. The van der Waals surface area contributed by atoms with E-state index in [4.69, 9.17) is 11.6 Å². The monoisotopic (exact) mass is 289 g/mol. The normalized spacial score (nSPS) is 10.1. The number of pyridine rings is 1. The molecule has 0 spiro atoms. The lowest BCUT2D eigenvalue weighted by Gasteiger charge is -2.11. The van der Waals surface area contributed by atoms with Crippen molar-refractivity contribution in [1.29, 1.82) is 0 Å². The van der Waals surface area contributed by atoms with Crippen LogP contribution in [0.3, 0.4) is 0 Å². The lowest BCUT2D eigenvalue weighted by atomic mass is 10.1. The summed E-state index contributed by atoms with van der Waals surface area (Å²) >= 11 is 5.93. The number of amides is 2. The molecule has 0 radical (unpaired) electrons. The summed E-state index contributed by atoms with van der Waals surface area (Å²) in [4.78, 5) is 16.1. The number of nitrogens with zero attached hydrogens (tertiary/aromatic N) is 1. The molecule has 2 N–H and O–H groups in total. The zero-order chi connectivity index (χ0) is 14.4. The van der Waals surface area contributed by atoms with Crippen molar-refractivity contribution in [2.45, 2.75) is 19.8 Å². The number of carbonyl (C=O) groups excluding carboxylic acids is 1. The topological polar surface area (TPSA) is 54.0 Å². The molecule has 0 unspecified atom stereocenters. The zero-order valence-corrected chi connectivity index (χ0v) is 11.9. The van der Waals surface area contributed by atoms with Crippen LogP contribution < -0.4 is 10.6 Å². The number of hydrogen-bond donors (Lipinski definition) is 2. The Morgan fingerprint density at radius 2 is 2.00 bits per heavy atom. The molecule has 1 aromatic carbocycles. The Kier molecular flexibility index (Phi) is 4.96. The highest BCUT2D eigenvalue weighted by molar-refractivity contribution is 6.30. The number of carbonyl (C=O) groups is 1. The van der Waals surface area contributed by atoms with Crippen LogP contribution in [0.15, 0.2) is 42.6 Å². The molecule has 2 amide bonds. The maximum absolute atomic E-state index is 11.9. The number of nitrogens with one attached hydrogen (secondary N) is 2. The van der Waals surface area contributed by atoms with E-state index in [1.54, 1.807) is 0 Å². The number of urea groups is 1. The van der Waals surface area contributed by atoms with Gasteiger partial charge in [-0.05, 0) is 30.2 Å². The van der Waals surface area contributed by atoms with Crippen molar-refractivity contribution in [3.63, 3.8) is 0 Å². The number of benzene rings is 1. The lowest BCUT2D eigenvalue weighted by molar-refractivity contribution is 0.262. The summed E-state index contributed by atoms with van der Waals surface area (Å²) in [5.74, 6) is 0.546. The van der Waals surface area contributed by atoms with Gasteiger partial charge in [0.15, 0.2) is 0 Å².